The van der Waals surface area contributed by atoms with E-state index in [0.717, 1.165) is 5.92 Å². The van der Waals surface area contributed by atoms with E-state index in [2.05, 4.69) is 23.9 Å². The van der Waals surface area contributed by atoms with Crippen LogP contribution in [0, 0.1) is 0 Å². The highest BCUT2D eigenvalue weighted by Crippen LogP contribution is 2.42. The van der Waals surface area contributed by atoms with E-state index in [0.29, 0.717) is 6.04 Å². The molecule has 76 valence electrons. The molecule has 14 heavy (non-hydrogen) atoms. The van der Waals surface area contributed by atoms with Crippen LogP contribution < -0.4 is 18.1 Å². The van der Waals surface area contributed by atoms with Crippen molar-refractivity contribution in [3.05, 3.63) is 34.9 Å². The van der Waals surface area contributed by atoms with Gasteiger partial charge in [0.05, 0.1) is 0 Å². The lowest BCUT2D eigenvalue weighted by Gasteiger charge is -2.04. The minimum atomic E-state index is 0. The topological polar surface area (TPSA) is 27.6 Å². The van der Waals surface area contributed by atoms with Gasteiger partial charge < -0.3 is 18.1 Å². The van der Waals surface area contributed by atoms with Crippen molar-refractivity contribution in [3.63, 3.8) is 0 Å². The highest BCUT2D eigenvalue weighted by Gasteiger charge is 2.27. The van der Waals surface area contributed by atoms with Crippen molar-refractivity contribution in [2.75, 3.05) is 0 Å². The quantitative estimate of drug-likeness (QED) is 0.602. The number of hydrogen-bond donors (Lipinski definition) is 1. The van der Waals surface area contributed by atoms with E-state index in [1.165, 1.54) is 31.2 Å². The maximum Gasteiger partial charge on any atom is 0.111 e. The second-order valence-electron chi connectivity index (χ2n) is 4.47. The first kappa shape index (κ1) is 10.0. The molecule has 0 bridgehead atoms. The minimum Gasteiger partial charge on any atom is -1.00 e. The van der Waals surface area contributed by atoms with Crippen molar-refractivity contribution in [1.82, 2.24) is 0 Å². The zero-order valence-electron chi connectivity index (χ0n) is 8.30. The Hall–Kier alpha value is -0.530. The van der Waals surface area contributed by atoms with Crippen molar-refractivity contribution < 1.29 is 18.1 Å². The Kier molecular flexibility index (Phi) is 2.54. The Bertz CT molecular complexity index is 344. The second-order valence-corrected chi connectivity index (χ2v) is 4.47. The molecule has 0 unspecified atom stereocenters. The highest BCUT2D eigenvalue weighted by atomic mass is 35.5. The Morgan fingerprint density at radius 1 is 1.14 bits per heavy atom. The van der Waals surface area contributed by atoms with E-state index in [9.17, 15) is 0 Å². The third-order valence-electron chi connectivity index (χ3n) is 3.42. The summed E-state index contributed by atoms with van der Waals surface area (Å²) in [4.78, 5) is 0. The molecule has 1 nitrogen and oxygen atoms in total. The van der Waals surface area contributed by atoms with Gasteiger partial charge in [-0.15, -0.1) is 0 Å². The third kappa shape index (κ3) is 1.55. The third-order valence-corrected chi connectivity index (χ3v) is 3.42. The molecule has 0 heterocycles. The number of aryl methyl sites for hydroxylation is 1. The molecule has 1 saturated carbocycles. The first-order chi connectivity index (χ1) is 6.34. The molecule has 1 atom stereocenters. The smallest absolute Gasteiger partial charge is 0.111 e. The van der Waals surface area contributed by atoms with Crippen LogP contribution in [0.5, 0.6) is 0 Å². The lowest BCUT2D eigenvalue weighted by molar-refractivity contribution is -0.425. The van der Waals surface area contributed by atoms with E-state index in [-0.39, 0.29) is 12.4 Å². The van der Waals surface area contributed by atoms with Gasteiger partial charge in [-0.2, -0.15) is 0 Å². The van der Waals surface area contributed by atoms with Crippen molar-refractivity contribution in [3.8, 4) is 0 Å². The average Bonchev–Trinajstić information content (AvgIpc) is 2.93. The van der Waals surface area contributed by atoms with E-state index >= 15 is 0 Å². The van der Waals surface area contributed by atoms with Crippen LogP contribution in [-0.2, 0) is 6.42 Å². The molecule has 1 fully saturated rings. The molecule has 1 aromatic carbocycles. The van der Waals surface area contributed by atoms with Crippen LogP contribution in [0.15, 0.2) is 18.2 Å². The fourth-order valence-corrected chi connectivity index (χ4v) is 2.38. The molecule has 3 rings (SSSR count). The molecule has 2 heteroatoms. The molecule has 0 saturated heterocycles. The van der Waals surface area contributed by atoms with Crippen LogP contribution in [0.2, 0.25) is 0 Å². The number of quaternary nitrogens is 1. The molecule has 1 aromatic rings. The fraction of sp³-hybridized carbons (Fsp3) is 0.500. The second kappa shape index (κ2) is 3.56. The summed E-state index contributed by atoms with van der Waals surface area (Å²) < 4.78 is 0. The normalized spacial score (nSPS) is 24.2. The maximum absolute atomic E-state index is 4.20. The van der Waals surface area contributed by atoms with Gasteiger partial charge in [-0.05, 0) is 42.4 Å². The summed E-state index contributed by atoms with van der Waals surface area (Å²) in [6.07, 6.45) is 5.30. The highest BCUT2D eigenvalue weighted by molar-refractivity contribution is 5.39. The molecule has 0 aliphatic heterocycles. The van der Waals surface area contributed by atoms with E-state index in [1.807, 2.05) is 0 Å². The van der Waals surface area contributed by atoms with Gasteiger partial charge in [-0.25, -0.2) is 0 Å². The minimum absolute atomic E-state index is 0. The molecule has 0 radical (unpaired) electrons. The van der Waals surface area contributed by atoms with Gasteiger partial charge in [0.1, 0.15) is 6.04 Å². The molecule has 3 N–H and O–H groups in total. The number of fused-ring (bicyclic) bond motifs is 1. The lowest BCUT2D eigenvalue weighted by Crippen LogP contribution is -3.00. The number of rotatable bonds is 1. The summed E-state index contributed by atoms with van der Waals surface area (Å²) in [7, 11) is 0. The standard InChI is InChI=1S/C12H15N.ClH/c13-12-6-5-9-3-4-10(7-11(9)12)8-1-2-8;/h3-4,7-8,12H,1-2,5-6,13H2;1H/t12-;/m1./s1. The Labute approximate surface area is 91.1 Å². The summed E-state index contributed by atoms with van der Waals surface area (Å²) in [6.45, 7) is 0. The summed E-state index contributed by atoms with van der Waals surface area (Å²) >= 11 is 0. The van der Waals surface area contributed by atoms with E-state index in [1.54, 1.807) is 11.1 Å². The molecule has 2 aliphatic rings. The average molecular weight is 210 g/mol. The number of hydrogen-bond acceptors (Lipinski definition) is 0. The molecule has 0 spiro atoms. The lowest BCUT2D eigenvalue weighted by atomic mass is 10.0. The summed E-state index contributed by atoms with van der Waals surface area (Å²) in [5, 5.41) is 0. The van der Waals surface area contributed by atoms with E-state index in [4.69, 9.17) is 0 Å². The Balaban J connectivity index is 0.000000750. The zero-order valence-corrected chi connectivity index (χ0v) is 9.06. The van der Waals surface area contributed by atoms with Gasteiger partial charge in [0.2, 0.25) is 0 Å². The van der Waals surface area contributed by atoms with Crippen LogP contribution in [0.25, 0.3) is 0 Å². The molecular formula is C12H16ClN. The largest absolute Gasteiger partial charge is 1.00 e. The van der Waals surface area contributed by atoms with Gasteiger partial charge in [-0.3, -0.25) is 0 Å². The van der Waals surface area contributed by atoms with Crippen LogP contribution in [0.1, 0.15) is 47.9 Å². The monoisotopic (exact) mass is 209 g/mol. The molecule has 0 aromatic heterocycles. The van der Waals surface area contributed by atoms with Gasteiger partial charge in [0, 0.05) is 12.0 Å². The van der Waals surface area contributed by atoms with Gasteiger partial charge >= 0.3 is 0 Å². The van der Waals surface area contributed by atoms with Crippen molar-refractivity contribution >= 4 is 0 Å². The summed E-state index contributed by atoms with van der Waals surface area (Å²) in [5.74, 6) is 0.887. The maximum atomic E-state index is 4.20. The molecule has 2 aliphatic carbocycles. The summed E-state index contributed by atoms with van der Waals surface area (Å²) in [5.41, 5.74) is 8.84. The first-order valence-corrected chi connectivity index (χ1v) is 5.30. The van der Waals surface area contributed by atoms with Crippen LogP contribution in [0.4, 0.5) is 0 Å². The van der Waals surface area contributed by atoms with Crippen LogP contribution in [-0.4, -0.2) is 0 Å². The number of benzene rings is 1. The summed E-state index contributed by atoms with van der Waals surface area (Å²) in [6, 6.07) is 7.63. The zero-order chi connectivity index (χ0) is 8.84. The van der Waals surface area contributed by atoms with E-state index < -0.39 is 0 Å². The SMILES string of the molecule is [Cl-].[NH3+][C@@H]1CCc2ccc(C3CC3)cc21. The van der Waals surface area contributed by atoms with Crippen molar-refractivity contribution in [2.24, 2.45) is 0 Å². The van der Waals surface area contributed by atoms with Crippen molar-refractivity contribution in [1.29, 1.82) is 0 Å². The van der Waals surface area contributed by atoms with Crippen molar-refractivity contribution in [2.45, 2.75) is 37.6 Å². The predicted molar refractivity (Wildman–Crippen MR) is 52.4 cm³/mol. The molecular weight excluding hydrogens is 194 g/mol. The van der Waals surface area contributed by atoms with Crippen LogP contribution in [0.3, 0.4) is 0 Å². The van der Waals surface area contributed by atoms with Gasteiger partial charge in [-0.1, -0.05) is 12.1 Å². The fourth-order valence-electron chi connectivity index (χ4n) is 2.38. The Morgan fingerprint density at radius 3 is 2.64 bits per heavy atom. The van der Waals surface area contributed by atoms with Gasteiger partial charge in [0.15, 0.2) is 0 Å². The van der Waals surface area contributed by atoms with Crippen LogP contribution >= 0.6 is 0 Å². The van der Waals surface area contributed by atoms with Gasteiger partial charge in [0.25, 0.3) is 0 Å². The first-order valence-electron chi connectivity index (χ1n) is 5.30. The number of halogens is 1. The molecule has 0 amide bonds. The Morgan fingerprint density at radius 2 is 1.93 bits per heavy atom. The predicted octanol–water partition coefficient (Wildman–Crippen LogP) is -1.20.